The molecule has 0 unspecified atom stereocenters. The summed E-state index contributed by atoms with van der Waals surface area (Å²) in [5, 5.41) is 13.5. The van der Waals surface area contributed by atoms with Crippen LogP contribution in [0.1, 0.15) is 38.0 Å². The van der Waals surface area contributed by atoms with Crippen LogP contribution in [-0.4, -0.2) is 66.4 Å². The number of methoxy groups -OCH3 is 2. The van der Waals surface area contributed by atoms with Crippen molar-refractivity contribution in [2.75, 3.05) is 32.2 Å². The number of rotatable bonds is 7. The number of hydrogen-bond acceptors (Lipinski definition) is 7. The number of aromatic nitrogens is 2. The molecule has 1 saturated heterocycles. The summed E-state index contributed by atoms with van der Waals surface area (Å²) in [6.45, 7) is 3.02. The van der Waals surface area contributed by atoms with Crippen molar-refractivity contribution in [1.29, 1.82) is 0 Å². The van der Waals surface area contributed by atoms with Gasteiger partial charge in [0, 0.05) is 33.0 Å². The molecule has 3 heterocycles. The second-order valence-corrected chi connectivity index (χ2v) is 8.14. The number of halogens is 1. The number of hydrogen-bond donors (Lipinski definition) is 3. The summed E-state index contributed by atoms with van der Waals surface area (Å²) in [6.07, 6.45) is 0.349. The smallest absolute Gasteiger partial charge is 0.347 e. The fourth-order valence-corrected chi connectivity index (χ4v) is 4.37. The molecular formula is C18H23ClN4O5S. The van der Waals surface area contributed by atoms with E-state index in [1.165, 1.54) is 7.11 Å². The summed E-state index contributed by atoms with van der Waals surface area (Å²) >= 11 is 7.14. The number of H-pyrrole nitrogens is 1. The fourth-order valence-electron chi connectivity index (χ4n) is 3.27. The Hall–Kier alpha value is -2.14. The summed E-state index contributed by atoms with van der Waals surface area (Å²) in [5.74, 6) is -1.27. The number of carbonyl (C=O) groups is 2. The number of aromatic carboxylic acids is 1. The largest absolute Gasteiger partial charge is 0.477 e. The van der Waals surface area contributed by atoms with E-state index >= 15 is 0 Å². The van der Waals surface area contributed by atoms with E-state index in [9.17, 15) is 14.7 Å². The van der Waals surface area contributed by atoms with E-state index < -0.39 is 5.97 Å². The molecule has 3 N–H and O–H groups in total. The van der Waals surface area contributed by atoms with Gasteiger partial charge < -0.3 is 29.8 Å². The van der Waals surface area contributed by atoms with Crippen LogP contribution in [0.15, 0.2) is 6.07 Å². The van der Waals surface area contributed by atoms with E-state index in [2.05, 4.69) is 15.3 Å². The Morgan fingerprint density at radius 3 is 2.83 bits per heavy atom. The number of carbonyl (C=O) groups excluding carboxylic acids is 1. The summed E-state index contributed by atoms with van der Waals surface area (Å²) in [6, 6.07) is 1.41. The van der Waals surface area contributed by atoms with E-state index in [0.717, 1.165) is 17.0 Å². The SMILES string of the molecule is COCc1nc(N2CC[C@@H](NC(=O)c3cc(Cl)c(C)[nH]3)[C@@H](OC)C2)sc1C(=O)O. The fraction of sp³-hybridized carbons (Fsp3) is 0.500. The number of nitrogens with zero attached hydrogens (tertiary/aromatic N) is 2. The lowest BCUT2D eigenvalue weighted by atomic mass is 10.0. The first-order chi connectivity index (χ1) is 13.8. The third-order valence-corrected chi connectivity index (χ3v) is 6.35. The van der Waals surface area contributed by atoms with Crippen LogP contribution in [0.3, 0.4) is 0 Å². The lowest BCUT2D eigenvalue weighted by molar-refractivity contribution is 0.0540. The number of ether oxygens (including phenoxy) is 2. The molecule has 0 aromatic carbocycles. The molecule has 158 valence electrons. The molecule has 1 amide bonds. The van der Waals surface area contributed by atoms with E-state index in [1.54, 1.807) is 20.1 Å². The number of anilines is 1. The molecule has 2 aromatic rings. The van der Waals surface area contributed by atoms with E-state index in [0.29, 0.717) is 41.1 Å². The quantitative estimate of drug-likeness (QED) is 0.602. The highest BCUT2D eigenvalue weighted by Gasteiger charge is 2.33. The minimum absolute atomic E-state index is 0.135. The molecule has 0 spiro atoms. The molecule has 11 heteroatoms. The van der Waals surface area contributed by atoms with Gasteiger partial charge in [0.15, 0.2) is 5.13 Å². The molecule has 29 heavy (non-hydrogen) atoms. The van der Waals surface area contributed by atoms with Gasteiger partial charge in [0.05, 0.1) is 29.5 Å². The molecule has 1 fully saturated rings. The molecule has 3 rings (SSSR count). The van der Waals surface area contributed by atoms with Gasteiger partial charge in [-0.05, 0) is 19.4 Å². The zero-order chi connectivity index (χ0) is 21.1. The number of thiazole rings is 1. The molecular weight excluding hydrogens is 420 g/mol. The summed E-state index contributed by atoms with van der Waals surface area (Å²) < 4.78 is 10.6. The summed E-state index contributed by atoms with van der Waals surface area (Å²) in [4.78, 5) is 33.5. The van der Waals surface area contributed by atoms with Crippen molar-refractivity contribution in [2.24, 2.45) is 0 Å². The summed E-state index contributed by atoms with van der Waals surface area (Å²) in [7, 11) is 3.09. The molecule has 0 radical (unpaired) electrons. The number of carboxylic acid groups (broad SMARTS) is 1. The molecule has 0 saturated carbocycles. The third-order valence-electron chi connectivity index (χ3n) is 4.81. The number of aromatic amines is 1. The predicted octanol–water partition coefficient (Wildman–Crippen LogP) is 2.30. The average Bonchev–Trinajstić information content (AvgIpc) is 3.26. The number of nitrogens with one attached hydrogen (secondary N) is 2. The molecule has 1 aliphatic rings. The van der Waals surface area contributed by atoms with Crippen LogP contribution in [-0.2, 0) is 16.1 Å². The van der Waals surface area contributed by atoms with E-state index in [-0.39, 0.29) is 29.5 Å². The van der Waals surface area contributed by atoms with Gasteiger partial charge in [-0.1, -0.05) is 22.9 Å². The van der Waals surface area contributed by atoms with Crippen molar-refractivity contribution in [3.05, 3.63) is 33.0 Å². The zero-order valence-electron chi connectivity index (χ0n) is 16.3. The lowest BCUT2D eigenvalue weighted by Gasteiger charge is -2.37. The van der Waals surface area contributed by atoms with Crippen molar-refractivity contribution in [2.45, 2.75) is 32.1 Å². The minimum atomic E-state index is -1.02. The number of carboxylic acids is 1. The van der Waals surface area contributed by atoms with Crippen LogP contribution < -0.4 is 10.2 Å². The van der Waals surface area contributed by atoms with Crippen molar-refractivity contribution in [3.8, 4) is 0 Å². The highest BCUT2D eigenvalue weighted by molar-refractivity contribution is 7.17. The maximum atomic E-state index is 12.5. The van der Waals surface area contributed by atoms with Gasteiger partial charge >= 0.3 is 5.97 Å². The molecule has 0 bridgehead atoms. The number of amides is 1. The Kier molecular flexibility index (Phi) is 6.78. The Balaban J connectivity index is 1.70. The van der Waals surface area contributed by atoms with Gasteiger partial charge in [-0.2, -0.15) is 0 Å². The van der Waals surface area contributed by atoms with Gasteiger partial charge in [-0.15, -0.1) is 0 Å². The standard InChI is InChI=1S/C18H23ClN4O5S/c1-9-10(19)6-12(20-9)16(24)21-11-4-5-23(7-14(11)28-3)18-22-13(8-27-2)15(29-18)17(25)26/h6,11,14,20H,4-5,7-8H2,1-3H3,(H,21,24)(H,25,26)/t11-,14+/m1/s1. The maximum Gasteiger partial charge on any atom is 0.347 e. The first-order valence-corrected chi connectivity index (χ1v) is 10.2. The Morgan fingerprint density at radius 1 is 1.48 bits per heavy atom. The topological polar surface area (TPSA) is 117 Å². The summed E-state index contributed by atoms with van der Waals surface area (Å²) in [5.41, 5.74) is 1.54. The average molecular weight is 443 g/mol. The molecule has 9 nitrogen and oxygen atoms in total. The van der Waals surface area contributed by atoms with Crippen molar-refractivity contribution in [1.82, 2.24) is 15.3 Å². The molecule has 1 aliphatic heterocycles. The zero-order valence-corrected chi connectivity index (χ0v) is 17.9. The second-order valence-electron chi connectivity index (χ2n) is 6.76. The van der Waals surface area contributed by atoms with Gasteiger partial charge in [0.25, 0.3) is 5.91 Å². The molecule has 2 aromatic heterocycles. The maximum absolute atomic E-state index is 12.5. The monoisotopic (exact) mass is 442 g/mol. The minimum Gasteiger partial charge on any atom is -0.477 e. The first kappa shape index (κ1) is 21.6. The van der Waals surface area contributed by atoms with E-state index in [4.69, 9.17) is 21.1 Å². The number of piperidine rings is 1. The second kappa shape index (κ2) is 9.12. The first-order valence-electron chi connectivity index (χ1n) is 8.99. The van der Waals surface area contributed by atoms with Gasteiger partial charge in [-0.3, -0.25) is 4.79 Å². The van der Waals surface area contributed by atoms with Crippen molar-refractivity contribution in [3.63, 3.8) is 0 Å². The number of aryl methyl sites for hydroxylation is 1. The van der Waals surface area contributed by atoms with Crippen LogP contribution in [0.2, 0.25) is 5.02 Å². The lowest BCUT2D eigenvalue weighted by Crippen LogP contribution is -2.55. The van der Waals surface area contributed by atoms with Crippen LogP contribution in [0.5, 0.6) is 0 Å². The van der Waals surface area contributed by atoms with Gasteiger partial charge in [-0.25, -0.2) is 9.78 Å². The van der Waals surface area contributed by atoms with Crippen LogP contribution in [0.25, 0.3) is 0 Å². The molecule has 0 aliphatic carbocycles. The van der Waals surface area contributed by atoms with Crippen molar-refractivity contribution >= 4 is 39.9 Å². The molecule has 2 atom stereocenters. The Bertz CT molecular complexity index is 879. The normalized spacial score (nSPS) is 19.4. The highest BCUT2D eigenvalue weighted by Crippen LogP contribution is 2.30. The highest BCUT2D eigenvalue weighted by atomic mass is 35.5. The third kappa shape index (κ3) is 4.72. The van der Waals surface area contributed by atoms with Crippen LogP contribution in [0, 0.1) is 6.92 Å². The Morgan fingerprint density at radius 2 is 2.24 bits per heavy atom. The van der Waals surface area contributed by atoms with E-state index in [1.807, 2.05) is 4.90 Å². The van der Waals surface area contributed by atoms with Crippen LogP contribution in [0.4, 0.5) is 5.13 Å². The van der Waals surface area contributed by atoms with Crippen molar-refractivity contribution < 1.29 is 24.2 Å². The van der Waals surface area contributed by atoms with Gasteiger partial charge in [0.2, 0.25) is 0 Å². The predicted molar refractivity (Wildman–Crippen MR) is 109 cm³/mol. The van der Waals surface area contributed by atoms with Crippen LogP contribution >= 0.6 is 22.9 Å². The Labute approximate surface area is 177 Å². The van der Waals surface area contributed by atoms with Gasteiger partial charge in [0.1, 0.15) is 10.6 Å².